The second-order valence-corrected chi connectivity index (χ2v) is 8.08. The van der Waals surface area contributed by atoms with Gasteiger partial charge in [0, 0.05) is 50.9 Å². The molecule has 4 rings (SSSR count). The fraction of sp³-hybridized carbons (Fsp3) is 0.500. The fourth-order valence-corrected chi connectivity index (χ4v) is 4.22. The van der Waals surface area contributed by atoms with Crippen molar-refractivity contribution >= 4 is 23.2 Å². The molecule has 1 N–H and O–H groups in total. The molecule has 0 radical (unpaired) electrons. The summed E-state index contributed by atoms with van der Waals surface area (Å²) in [6.45, 7) is 5.33. The van der Waals surface area contributed by atoms with Crippen molar-refractivity contribution in [2.45, 2.75) is 12.5 Å². The predicted molar refractivity (Wildman–Crippen MR) is 111 cm³/mol. The molecule has 8 heteroatoms. The van der Waals surface area contributed by atoms with E-state index in [1.165, 1.54) is 5.56 Å². The molecule has 1 atom stereocenters. The van der Waals surface area contributed by atoms with Crippen molar-refractivity contribution < 1.29 is 4.39 Å². The Morgan fingerprint density at radius 2 is 2.00 bits per heavy atom. The lowest BCUT2D eigenvalue weighted by Crippen LogP contribution is -2.49. The minimum atomic E-state index is -0.356. The van der Waals surface area contributed by atoms with Crippen molar-refractivity contribution in [1.82, 2.24) is 19.8 Å². The van der Waals surface area contributed by atoms with Crippen LogP contribution in [0.15, 0.2) is 24.5 Å². The van der Waals surface area contributed by atoms with Gasteiger partial charge in [-0.3, -0.25) is 4.90 Å². The van der Waals surface area contributed by atoms with Gasteiger partial charge in [0.15, 0.2) is 0 Å². The molecule has 0 bridgehead atoms. The summed E-state index contributed by atoms with van der Waals surface area (Å²) >= 11 is 5.89. The number of nitrogens with zero attached hydrogens (tertiary/aromatic N) is 5. The molecule has 0 spiro atoms. The number of benzene rings is 1. The highest BCUT2D eigenvalue weighted by molar-refractivity contribution is 6.30. The summed E-state index contributed by atoms with van der Waals surface area (Å²) in [6.07, 6.45) is 2.61. The summed E-state index contributed by atoms with van der Waals surface area (Å²) in [5.41, 5.74) is 2.19. The molecule has 1 aromatic heterocycles. The number of likely N-dealkylation sites (N-methyl/N-ethyl adjacent to an activating group) is 1. The average molecular weight is 405 g/mol. The molecule has 0 saturated carbocycles. The minimum absolute atomic E-state index is 0.127. The molecule has 3 heterocycles. The Morgan fingerprint density at radius 3 is 2.71 bits per heavy atom. The van der Waals surface area contributed by atoms with Gasteiger partial charge in [-0.15, -0.1) is 0 Å². The molecule has 1 unspecified atom stereocenters. The summed E-state index contributed by atoms with van der Waals surface area (Å²) in [4.78, 5) is 15.8. The van der Waals surface area contributed by atoms with E-state index in [9.17, 15) is 4.39 Å². The fourth-order valence-electron chi connectivity index (χ4n) is 4.11. The first-order valence-corrected chi connectivity index (χ1v) is 10.1. The van der Waals surface area contributed by atoms with Gasteiger partial charge in [0.1, 0.15) is 23.8 Å². The molecule has 1 saturated heterocycles. The van der Waals surface area contributed by atoms with Crippen molar-refractivity contribution in [1.29, 1.82) is 0 Å². The van der Waals surface area contributed by atoms with Crippen molar-refractivity contribution in [3.8, 4) is 0 Å². The highest BCUT2D eigenvalue weighted by Gasteiger charge is 2.28. The van der Waals surface area contributed by atoms with E-state index in [1.54, 1.807) is 18.5 Å². The van der Waals surface area contributed by atoms with Crippen LogP contribution in [0.25, 0.3) is 0 Å². The smallest absolute Gasteiger partial charge is 0.142 e. The zero-order chi connectivity index (χ0) is 19.7. The number of piperazine rings is 1. The van der Waals surface area contributed by atoms with Gasteiger partial charge in [-0.05, 0) is 38.2 Å². The number of aromatic nitrogens is 2. The number of anilines is 2. The zero-order valence-electron chi connectivity index (χ0n) is 16.3. The van der Waals surface area contributed by atoms with Gasteiger partial charge in [0.25, 0.3) is 0 Å². The number of hydrogen-bond donors (Lipinski definition) is 1. The Labute approximate surface area is 170 Å². The summed E-state index contributed by atoms with van der Waals surface area (Å²) in [5, 5.41) is 3.49. The van der Waals surface area contributed by atoms with Crippen LogP contribution in [-0.4, -0.2) is 73.1 Å². The van der Waals surface area contributed by atoms with Crippen LogP contribution < -0.4 is 10.2 Å². The van der Waals surface area contributed by atoms with Gasteiger partial charge in [-0.1, -0.05) is 17.7 Å². The Hall–Kier alpha value is -1.96. The van der Waals surface area contributed by atoms with E-state index < -0.39 is 0 Å². The van der Waals surface area contributed by atoms with Crippen LogP contribution in [0.5, 0.6) is 0 Å². The topological polar surface area (TPSA) is 47.5 Å². The van der Waals surface area contributed by atoms with Crippen LogP contribution in [0.3, 0.4) is 0 Å². The van der Waals surface area contributed by atoms with E-state index >= 15 is 0 Å². The maximum Gasteiger partial charge on any atom is 0.142 e. The van der Waals surface area contributed by atoms with Gasteiger partial charge in [0.05, 0.1) is 5.02 Å². The van der Waals surface area contributed by atoms with E-state index in [0.717, 1.165) is 62.9 Å². The molecule has 0 aliphatic carbocycles. The highest BCUT2D eigenvalue weighted by atomic mass is 35.5. The number of fused-ring (bicyclic) bond motifs is 1. The first-order valence-electron chi connectivity index (χ1n) is 9.69. The van der Waals surface area contributed by atoms with Crippen molar-refractivity contribution in [3.63, 3.8) is 0 Å². The lowest BCUT2D eigenvalue weighted by molar-refractivity contribution is 0.153. The van der Waals surface area contributed by atoms with Crippen molar-refractivity contribution in [2.75, 3.05) is 63.6 Å². The molecule has 0 amide bonds. The Kier molecular flexibility index (Phi) is 5.66. The minimum Gasteiger partial charge on any atom is -0.369 e. The molecule has 150 valence electrons. The van der Waals surface area contributed by atoms with Crippen molar-refractivity contribution in [3.05, 3.63) is 46.5 Å². The molecule has 2 aromatic rings. The van der Waals surface area contributed by atoms with Gasteiger partial charge in [-0.2, -0.15) is 0 Å². The summed E-state index contributed by atoms with van der Waals surface area (Å²) in [7, 11) is 4.10. The maximum atomic E-state index is 14.1. The van der Waals surface area contributed by atoms with Crippen molar-refractivity contribution in [2.24, 2.45) is 0 Å². The normalized spacial score (nSPS) is 18.2. The van der Waals surface area contributed by atoms with Gasteiger partial charge in [-0.25, -0.2) is 14.4 Å². The largest absolute Gasteiger partial charge is 0.369 e. The van der Waals surface area contributed by atoms with Crippen LogP contribution in [0, 0.1) is 5.82 Å². The third kappa shape index (κ3) is 3.92. The summed E-state index contributed by atoms with van der Waals surface area (Å²) in [5.74, 6) is 1.66. The Bertz CT molecular complexity index is 837. The first kappa shape index (κ1) is 19.4. The maximum absolute atomic E-state index is 14.1. The van der Waals surface area contributed by atoms with Crippen LogP contribution in [-0.2, 0) is 6.42 Å². The summed E-state index contributed by atoms with van der Waals surface area (Å²) < 4.78 is 14.1. The van der Waals surface area contributed by atoms with Gasteiger partial charge in [0.2, 0.25) is 0 Å². The van der Waals surface area contributed by atoms with Crippen LogP contribution in [0.2, 0.25) is 5.02 Å². The molecular weight excluding hydrogens is 379 g/mol. The van der Waals surface area contributed by atoms with Crippen LogP contribution in [0.4, 0.5) is 16.0 Å². The lowest BCUT2D eigenvalue weighted by Gasteiger charge is -2.41. The zero-order valence-corrected chi connectivity index (χ0v) is 17.1. The molecule has 2 aliphatic heterocycles. The Morgan fingerprint density at radius 1 is 1.21 bits per heavy atom. The average Bonchev–Trinajstić information content (AvgIpc) is 3.17. The van der Waals surface area contributed by atoms with Crippen LogP contribution >= 0.6 is 11.6 Å². The number of halogens is 2. The van der Waals surface area contributed by atoms with E-state index in [0.29, 0.717) is 0 Å². The number of nitrogens with one attached hydrogen (secondary N) is 1. The molecule has 28 heavy (non-hydrogen) atoms. The molecule has 1 fully saturated rings. The van der Waals surface area contributed by atoms with E-state index in [1.807, 2.05) is 20.2 Å². The van der Waals surface area contributed by atoms with Crippen LogP contribution in [0.1, 0.15) is 17.2 Å². The highest BCUT2D eigenvalue weighted by Crippen LogP contribution is 2.30. The monoisotopic (exact) mass is 404 g/mol. The lowest BCUT2D eigenvalue weighted by atomic mass is 10.0. The molecule has 1 aromatic carbocycles. The second kappa shape index (κ2) is 8.19. The third-order valence-electron chi connectivity index (χ3n) is 5.51. The quantitative estimate of drug-likeness (QED) is 0.826. The number of rotatable bonds is 5. The molecule has 2 aliphatic rings. The second-order valence-electron chi connectivity index (χ2n) is 7.68. The third-order valence-corrected chi connectivity index (χ3v) is 5.82. The SMILES string of the molecule is CN(C)CC(c1ccc(Cl)c(F)c1)N1CCN(c2ncnc3c2CCN3)CC1. The molecule has 6 nitrogen and oxygen atoms in total. The first-order chi connectivity index (χ1) is 13.5. The van der Waals surface area contributed by atoms with E-state index in [-0.39, 0.29) is 16.9 Å². The summed E-state index contributed by atoms with van der Waals surface area (Å²) in [6, 6.07) is 5.30. The molecular formula is C20H26ClFN6. The Balaban J connectivity index is 1.50. The van der Waals surface area contributed by atoms with Gasteiger partial charge < -0.3 is 15.1 Å². The van der Waals surface area contributed by atoms with E-state index in [4.69, 9.17) is 11.6 Å². The number of hydrogen-bond acceptors (Lipinski definition) is 6. The standard InChI is InChI=1S/C20H26ClFN6/c1-26(2)12-18(14-3-4-16(21)17(22)11-14)27-7-9-28(10-8-27)20-15-5-6-23-19(15)24-13-25-20/h3-4,11,13,18H,5-10,12H2,1-2H3,(H,23,24,25). The predicted octanol–water partition coefficient (Wildman–Crippen LogP) is 2.66. The van der Waals surface area contributed by atoms with E-state index in [2.05, 4.69) is 30.0 Å². The van der Waals surface area contributed by atoms with Gasteiger partial charge >= 0.3 is 0 Å².